The third kappa shape index (κ3) is 17600. The van der Waals surface area contributed by atoms with Crippen molar-refractivity contribution in [3.05, 3.63) is 0 Å². The zero-order valence-electron chi connectivity index (χ0n) is 3.61. The Morgan fingerprint density at radius 1 is 1.50 bits per heavy atom. The van der Waals surface area contributed by atoms with Crippen LogP contribution in [0.25, 0.3) is 0 Å². The molecule has 0 atom stereocenters. The number of hydrogen-bond donors (Lipinski definition) is 4. The molecule has 48 valence electrons. The van der Waals surface area contributed by atoms with Crippen molar-refractivity contribution < 1.29 is 19.2 Å². The van der Waals surface area contributed by atoms with Crippen LogP contribution in [0.4, 0.5) is 0 Å². The average molecular weight is 157 g/mol. The molecule has 7 heteroatoms. The Morgan fingerprint density at radius 3 is 1.50 bits per heavy atom. The Bertz CT molecular complexity index is 114. The largest absolute Gasteiger partial charge is 0.466 e. The Labute approximate surface area is 50.7 Å². The van der Waals surface area contributed by atoms with E-state index in [2.05, 4.69) is 12.2 Å². The van der Waals surface area contributed by atoms with Crippen molar-refractivity contribution in [2.45, 2.75) is 0 Å². The van der Waals surface area contributed by atoms with Gasteiger partial charge in [0.25, 0.3) is 0 Å². The van der Waals surface area contributed by atoms with E-state index in [0.717, 1.165) is 0 Å². The Kier molecular flexibility index (Phi) is 6.83. The molecule has 0 aromatic heterocycles. The summed E-state index contributed by atoms with van der Waals surface area (Å²) in [6.07, 6.45) is 0. The van der Waals surface area contributed by atoms with Gasteiger partial charge in [-0.15, -0.1) is 0 Å². The lowest BCUT2D eigenvalue weighted by molar-refractivity contribution is 0.275. The first-order valence-electron chi connectivity index (χ1n) is 1.24. The minimum absolute atomic E-state index is 1.58. The van der Waals surface area contributed by atoms with Gasteiger partial charge in [-0.25, -0.2) is 9.97 Å². The van der Waals surface area contributed by atoms with E-state index in [9.17, 15) is 0 Å². The van der Waals surface area contributed by atoms with Crippen molar-refractivity contribution in [3.8, 4) is 0 Å². The number of hydrogen-bond acceptors (Lipinski definition) is 3. The van der Waals surface area contributed by atoms with Crippen molar-refractivity contribution in [1.82, 2.24) is 0 Å². The maximum absolute atomic E-state index is 8.88. The van der Waals surface area contributed by atoms with E-state index in [4.69, 9.17) is 24.7 Å². The molecule has 0 bridgehead atoms. The number of rotatable bonds is 0. The summed E-state index contributed by atoms with van der Waals surface area (Å²) in [5.41, 5.74) is 0. The van der Waals surface area contributed by atoms with Crippen LogP contribution < -0.4 is 0 Å². The van der Waals surface area contributed by atoms with Gasteiger partial charge in [0.05, 0.1) is 5.16 Å². The van der Waals surface area contributed by atoms with Crippen LogP contribution in [0, 0.1) is 5.41 Å². The fourth-order valence-corrected chi connectivity index (χ4v) is 0. The normalized spacial score (nSPS) is 8.38. The van der Waals surface area contributed by atoms with Crippen LogP contribution in [-0.2, 0) is 4.57 Å². The lowest BCUT2D eigenvalue weighted by Gasteiger charge is -1.82. The van der Waals surface area contributed by atoms with Crippen molar-refractivity contribution in [1.29, 1.82) is 5.41 Å². The third-order valence-corrected chi connectivity index (χ3v) is 0. The zero-order valence-corrected chi connectivity index (χ0v) is 5.32. The molecule has 0 amide bonds. The molecule has 0 aliphatic heterocycles. The van der Waals surface area contributed by atoms with Gasteiger partial charge in [0.1, 0.15) is 0 Å². The smallest absolute Gasteiger partial charge is 0.303 e. The Hall–Kier alpha value is -0.0900. The number of isothiocyanates is 1. The van der Waals surface area contributed by atoms with E-state index in [1.54, 1.807) is 5.16 Å². The van der Waals surface area contributed by atoms with Gasteiger partial charge in [0, 0.05) is 0 Å². The van der Waals surface area contributed by atoms with Crippen LogP contribution >= 0.6 is 20.0 Å². The summed E-state index contributed by atoms with van der Waals surface area (Å²) in [5.74, 6) is 0. The van der Waals surface area contributed by atoms with Crippen LogP contribution in [0.2, 0.25) is 0 Å². The summed E-state index contributed by atoms with van der Waals surface area (Å²) in [4.78, 5) is 21.6. The molecule has 8 heavy (non-hydrogen) atoms. The molecule has 0 rings (SSSR count). The topological polar surface area (TPSA) is 102 Å². The van der Waals surface area contributed by atoms with E-state index in [1.165, 1.54) is 0 Å². The molecule has 4 N–H and O–H groups in total. The molecule has 0 aromatic carbocycles. The second-order valence-corrected chi connectivity index (χ2v) is 1.85. The van der Waals surface area contributed by atoms with Crippen LogP contribution in [0.1, 0.15) is 0 Å². The van der Waals surface area contributed by atoms with Crippen molar-refractivity contribution >= 4 is 25.2 Å². The summed E-state index contributed by atoms with van der Waals surface area (Å²) in [6, 6.07) is 0. The van der Waals surface area contributed by atoms with Crippen LogP contribution in [0.5, 0.6) is 0 Å². The maximum Gasteiger partial charge on any atom is 0.466 e. The molecule has 0 radical (unpaired) electrons. The van der Waals surface area contributed by atoms with E-state index in [0.29, 0.717) is 0 Å². The second kappa shape index (κ2) is 5.05. The summed E-state index contributed by atoms with van der Waals surface area (Å²) >= 11 is 3.81. The Morgan fingerprint density at radius 2 is 1.50 bits per heavy atom. The molecule has 0 aromatic rings. The van der Waals surface area contributed by atoms with Gasteiger partial charge in [-0.3, -0.25) is 0 Å². The standard InChI is InChI=1S/CHNS.H3O4P/c2-1-3;1-5(2,3)4/h2H;(H3,1,2,3,4). The predicted molar refractivity (Wildman–Crippen MR) is 29.6 cm³/mol. The average Bonchev–Trinajstić information content (AvgIpc) is 1.27. The molecule has 0 aliphatic rings. The highest BCUT2D eigenvalue weighted by atomic mass is 32.1. The molecule has 0 spiro atoms. The van der Waals surface area contributed by atoms with Crippen molar-refractivity contribution in [3.63, 3.8) is 0 Å². The highest BCUT2D eigenvalue weighted by Crippen LogP contribution is 2.25. The van der Waals surface area contributed by atoms with Gasteiger partial charge in [-0.1, -0.05) is 0 Å². The first kappa shape index (κ1) is 10.8. The fraction of sp³-hybridized carbons (Fsp3) is 0. The van der Waals surface area contributed by atoms with E-state index in [-0.39, 0.29) is 0 Å². The SMILES string of the molecule is N=C=S.O=P(O)(O)O. The molecular formula is CH4NO4PS. The fourth-order valence-electron chi connectivity index (χ4n) is 0. The molecular weight excluding hydrogens is 153 g/mol. The quantitative estimate of drug-likeness (QED) is 0.220. The minimum Gasteiger partial charge on any atom is -0.303 e. The lowest BCUT2D eigenvalue weighted by atomic mass is 11.8. The highest BCUT2D eigenvalue weighted by molar-refractivity contribution is 7.78. The van der Waals surface area contributed by atoms with Crippen LogP contribution in [0.15, 0.2) is 0 Å². The van der Waals surface area contributed by atoms with Gasteiger partial charge >= 0.3 is 7.82 Å². The van der Waals surface area contributed by atoms with E-state index < -0.39 is 7.82 Å². The first-order valence-corrected chi connectivity index (χ1v) is 3.21. The molecule has 0 saturated heterocycles. The molecule has 0 unspecified atom stereocenters. The van der Waals surface area contributed by atoms with Gasteiger partial charge < -0.3 is 14.7 Å². The van der Waals surface area contributed by atoms with Gasteiger partial charge in [0.15, 0.2) is 0 Å². The van der Waals surface area contributed by atoms with Crippen molar-refractivity contribution in [2.24, 2.45) is 0 Å². The summed E-state index contributed by atoms with van der Waals surface area (Å²) < 4.78 is 8.88. The monoisotopic (exact) mass is 157 g/mol. The van der Waals surface area contributed by atoms with Crippen LogP contribution in [0.3, 0.4) is 0 Å². The van der Waals surface area contributed by atoms with E-state index in [1.807, 2.05) is 0 Å². The highest BCUT2D eigenvalue weighted by Gasteiger charge is 2.00. The maximum atomic E-state index is 8.88. The van der Waals surface area contributed by atoms with Crippen LogP contribution in [-0.4, -0.2) is 19.8 Å². The summed E-state index contributed by atoms with van der Waals surface area (Å²) in [7, 11) is -4.64. The number of thiocarbonyl (C=S) groups is 1. The molecule has 0 saturated carbocycles. The Balaban J connectivity index is 0. The molecule has 0 fully saturated rings. The first-order chi connectivity index (χ1) is 3.41. The van der Waals surface area contributed by atoms with Crippen molar-refractivity contribution in [2.75, 3.05) is 0 Å². The van der Waals surface area contributed by atoms with Gasteiger partial charge in [0.2, 0.25) is 0 Å². The van der Waals surface area contributed by atoms with Gasteiger partial charge in [-0.05, 0) is 12.2 Å². The lowest BCUT2D eigenvalue weighted by Crippen LogP contribution is -1.66. The second-order valence-electron chi connectivity index (χ2n) is 0.615. The zero-order chi connectivity index (χ0) is 7.21. The summed E-state index contributed by atoms with van der Waals surface area (Å²) in [6.45, 7) is 0. The van der Waals surface area contributed by atoms with E-state index >= 15 is 0 Å². The molecule has 5 nitrogen and oxygen atoms in total. The predicted octanol–water partition coefficient (Wildman–Crippen LogP) is -0.261. The number of phosphoric acid groups is 1. The molecule has 0 heterocycles. The third-order valence-electron chi connectivity index (χ3n) is 0. The molecule has 0 aliphatic carbocycles. The van der Waals surface area contributed by atoms with Gasteiger partial charge in [-0.2, -0.15) is 0 Å². The minimum atomic E-state index is -4.64. The number of nitrogens with one attached hydrogen (secondary N) is 1. The summed E-state index contributed by atoms with van der Waals surface area (Å²) in [5, 5.41) is 7.36.